The highest BCUT2D eigenvalue weighted by Gasteiger charge is 2.28. The molecule has 1 aromatic heterocycles. The molecular formula is C10H13BrN2O3S. The zero-order valence-electron chi connectivity index (χ0n) is 9.34. The lowest BCUT2D eigenvalue weighted by Crippen LogP contribution is -2.41. The molecule has 2 heterocycles. The second-order valence-electron chi connectivity index (χ2n) is 3.88. The van der Waals surface area contributed by atoms with E-state index in [4.69, 9.17) is 4.74 Å². The van der Waals surface area contributed by atoms with E-state index in [1.54, 1.807) is 6.20 Å². The Hall–Kier alpha value is -0.500. The normalized spacial score (nSPS) is 22.6. The fraction of sp³-hybridized carbons (Fsp3) is 0.500. The molecule has 0 aliphatic carbocycles. The van der Waals surface area contributed by atoms with E-state index < -0.39 is 10.0 Å². The van der Waals surface area contributed by atoms with E-state index in [0.29, 0.717) is 19.7 Å². The molecule has 0 amide bonds. The van der Waals surface area contributed by atoms with Gasteiger partial charge in [0.05, 0.1) is 18.6 Å². The molecule has 0 saturated carbocycles. The zero-order chi connectivity index (χ0) is 12.5. The van der Waals surface area contributed by atoms with Gasteiger partial charge in [0.1, 0.15) is 6.10 Å². The third-order valence-electron chi connectivity index (χ3n) is 2.58. The molecule has 2 rings (SSSR count). The summed E-state index contributed by atoms with van der Waals surface area (Å²) in [6.45, 7) is 1.13. The maximum absolute atomic E-state index is 11.5. The number of hydrogen-bond donors (Lipinski definition) is 0. The Morgan fingerprint density at radius 2 is 2.29 bits per heavy atom. The Balaban J connectivity index is 2.15. The van der Waals surface area contributed by atoms with E-state index in [9.17, 15) is 8.42 Å². The van der Waals surface area contributed by atoms with E-state index in [0.717, 1.165) is 10.2 Å². The first-order valence-corrected chi connectivity index (χ1v) is 7.79. The van der Waals surface area contributed by atoms with Crippen LogP contribution in [0, 0.1) is 0 Å². The molecule has 0 radical (unpaired) electrons. The lowest BCUT2D eigenvalue weighted by molar-refractivity contribution is -0.00474. The van der Waals surface area contributed by atoms with Gasteiger partial charge in [-0.3, -0.25) is 4.98 Å². The van der Waals surface area contributed by atoms with Crippen molar-refractivity contribution in [1.29, 1.82) is 0 Å². The maximum atomic E-state index is 11.5. The first-order chi connectivity index (χ1) is 7.97. The van der Waals surface area contributed by atoms with Crippen molar-refractivity contribution in [1.82, 2.24) is 9.29 Å². The Morgan fingerprint density at radius 3 is 2.88 bits per heavy atom. The smallest absolute Gasteiger partial charge is 0.211 e. The third-order valence-corrected chi connectivity index (χ3v) is 4.32. The van der Waals surface area contributed by atoms with Crippen molar-refractivity contribution < 1.29 is 13.2 Å². The van der Waals surface area contributed by atoms with Crippen LogP contribution in [0.1, 0.15) is 11.8 Å². The monoisotopic (exact) mass is 320 g/mol. The summed E-state index contributed by atoms with van der Waals surface area (Å²) in [5, 5.41) is 0. The fourth-order valence-electron chi connectivity index (χ4n) is 1.68. The number of rotatable bonds is 2. The maximum Gasteiger partial charge on any atom is 0.211 e. The van der Waals surface area contributed by atoms with Crippen molar-refractivity contribution in [2.24, 2.45) is 0 Å². The minimum absolute atomic E-state index is 0.286. The van der Waals surface area contributed by atoms with Crippen LogP contribution in [0.4, 0.5) is 0 Å². The SMILES string of the molecule is CS(=O)(=O)N1CCO[C@@H](c2ccc(Br)cn2)C1. The van der Waals surface area contributed by atoms with Crippen molar-refractivity contribution in [3.8, 4) is 0 Å². The second kappa shape index (κ2) is 5.01. The molecule has 0 spiro atoms. The number of pyridine rings is 1. The molecule has 0 aromatic carbocycles. The van der Waals surface area contributed by atoms with Crippen LogP contribution in [0.3, 0.4) is 0 Å². The fourth-order valence-corrected chi connectivity index (χ4v) is 2.73. The summed E-state index contributed by atoms with van der Waals surface area (Å²) in [6.07, 6.45) is 2.61. The van der Waals surface area contributed by atoms with E-state index in [1.165, 1.54) is 10.6 Å². The molecule has 0 bridgehead atoms. The van der Waals surface area contributed by atoms with Crippen LogP contribution < -0.4 is 0 Å². The van der Waals surface area contributed by atoms with Crippen molar-refractivity contribution in [2.75, 3.05) is 26.0 Å². The molecule has 1 aliphatic heterocycles. The minimum Gasteiger partial charge on any atom is -0.369 e. The molecule has 0 N–H and O–H groups in total. The topological polar surface area (TPSA) is 59.5 Å². The van der Waals surface area contributed by atoms with E-state index in [1.807, 2.05) is 12.1 Å². The van der Waals surface area contributed by atoms with Gasteiger partial charge in [0, 0.05) is 23.8 Å². The molecule has 1 aromatic rings. The highest BCUT2D eigenvalue weighted by molar-refractivity contribution is 9.10. The number of aromatic nitrogens is 1. The van der Waals surface area contributed by atoms with Gasteiger partial charge in [-0.05, 0) is 28.1 Å². The average molecular weight is 321 g/mol. The first-order valence-electron chi connectivity index (χ1n) is 5.15. The lowest BCUT2D eigenvalue weighted by atomic mass is 10.2. The number of morpholine rings is 1. The largest absolute Gasteiger partial charge is 0.369 e. The predicted octanol–water partition coefficient (Wildman–Crippen LogP) is 1.18. The summed E-state index contributed by atoms with van der Waals surface area (Å²) in [7, 11) is -3.16. The van der Waals surface area contributed by atoms with Crippen LogP contribution >= 0.6 is 15.9 Å². The quantitative estimate of drug-likeness (QED) is 0.821. The molecule has 1 fully saturated rings. The zero-order valence-corrected chi connectivity index (χ0v) is 11.7. The van der Waals surface area contributed by atoms with E-state index in [2.05, 4.69) is 20.9 Å². The molecular weight excluding hydrogens is 308 g/mol. The molecule has 17 heavy (non-hydrogen) atoms. The molecule has 5 nitrogen and oxygen atoms in total. The second-order valence-corrected chi connectivity index (χ2v) is 6.78. The van der Waals surface area contributed by atoms with Crippen LogP contribution in [0.15, 0.2) is 22.8 Å². The van der Waals surface area contributed by atoms with Crippen molar-refractivity contribution >= 4 is 26.0 Å². The number of ether oxygens (including phenoxy) is 1. The number of nitrogens with zero attached hydrogens (tertiary/aromatic N) is 2. The standard InChI is InChI=1S/C10H13BrN2O3S/c1-17(14,15)13-4-5-16-10(7-13)9-3-2-8(11)6-12-9/h2-3,6,10H,4-5,7H2,1H3/t10-/m1/s1. The Morgan fingerprint density at radius 1 is 1.53 bits per heavy atom. The summed E-state index contributed by atoms with van der Waals surface area (Å²) < 4.78 is 30.8. The minimum atomic E-state index is -3.16. The van der Waals surface area contributed by atoms with Gasteiger partial charge in [-0.1, -0.05) is 0 Å². The summed E-state index contributed by atoms with van der Waals surface area (Å²) in [5.74, 6) is 0. The third kappa shape index (κ3) is 3.25. The van der Waals surface area contributed by atoms with E-state index >= 15 is 0 Å². The highest BCUT2D eigenvalue weighted by atomic mass is 79.9. The van der Waals surface area contributed by atoms with Crippen LogP contribution in [-0.4, -0.2) is 43.7 Å². The molecule has 1 saturated heterocycles. The molecule has 1 aliphatic rings. The first kappa shape index (κ1) is 12.9. The van der Waals surface area contributed by atoms with Gasteiger partial charge < -0.3 is 4.74 Å². The highest BCUT2D eigenvalue weighted by Crippen LogP contribution is 2.22. The lowest BCUT2D eigenvalue weighted by Gasteiger charge is -2.30. The van der Waals surface area contributed by atoms with Crippen LogP contribution in [0.2, 0.25) is 0 Å². The van der Waals surface area contributed by atoms with Gasteiger partial charge in [0.15, 0.2) is 0 Å². The summed E-state index contributed by atoms with van der Waals surface area (Å²) >= 11 is 3.30. The molecule has 1 atom stereocenters. The molecule has 94 valence electrons. The van der Waals surface area contributed by atoms with Crippen LogP contribution in [-0.2, 0) is 14.8 Å². The summed E-state index contributed by atoms with van der Waals surface area (Å²) in [4.78, 5) is 4.23. The predicted molar refractivity (Wildman–Crippen MR) is 67.0 cm³/mol. The Kier molecular flexibility index (Phi) is 3.82. The molecule has 0 unspecified atom stereocenters. The van der Waals surface area contributed by atoms with Gasteiger partial charge in [-0.15, -0.1) is 0 Å². The van der Waals surface area contributed by atoms with Crippen molar-refractivity contribution in [2.45, 2.75) is 6.10 Å². The van der Waals surface area contributed by atoms with Gasteiger partial charge in [0.25, 0.3) is 0 Å². The van der Waals surface area contributed by atoms with E-state index in [-0.39, 0.29) is 6.10 Å². The van der Waals surface area contributed by atoms with Crippen molar-refractivity contribution in [3.05, 3.63) is 28.5 Å². The Labute approximate surface area is 109 Å². The summed E-state index contributed by atoms with van der Waals surface area (Å²) in [5.41, 5.74) is 0.751. The van der Waals surface area contributed by atoms with Crippen LogP contribution in [0.5, 0.6) is 0 Å². The Bertz CT molecular complexity index is 489. The molecule has 7 heteroatoms. The van der Waals surface area contributed by atoms with Gasteiger partial charge in [-0.2, -0.15) is 4.31 Å². The number of sulfonamides is 1. The number of halogens is 1. The number of hydrogen-bond acceptors (Lipinski definition) is 4. The van der Waals surface area contributed by atoms with Crippen molar-refractivity contribution in [3.63, 3.8) is 0 Å². The van der Waals surface area contributed by atoms with Gasteiger partial charge >= 0.3 is 0 Å². The van der Waals surface area contributed by atoms with Gasteiger partial charge in [0.2, 0.25) is 10.0 Å². The average Bonchev–Trinajstić information content (AvgIpc) is 2.29. The van der Waals surface area contributed by atoms with Gasteiger partial charge in [-0.25, -0.2) is 8.42 Å². The van der Waals surface area contributed by atoms with Crippen LogP contribution in [0.25, 0.3) is 0 Å². The summed E-state index contributed by atoms with van der Waals surface area (Å²) in [6, 6.07) is 3.70.